The van der Waals surface area contributed by atoms with Crippen molar-refractivity contribution < 1.29 is 76.1 Å². The molecule has 0 saturated carbocycles. The third-order valence-corrected chi connectivity index (χ3v) is 12.1. The summed E-state index contributed by atoms with van der Waals surface area (Å²) in [5, 5.41) is 0. The number of nitrogens with zero attached hydrogens (tertiary/aromatic N) is 1. The van der Waals surface area contributed by atoms with E-state index < -0.39 is 89.4 Å². The lowest BCUT2D eigenvalue weighted by atomic mass is 10.0. The number of ether oxygens (including phenoxy) is 11. The highest BCUT2D eigenvalue weighted by Gasteiger charge is 2.44. The van der Waals surface area contributed by atoms with Gasteiger partial charge >= 0.3 is 30.1 Å². The van der Waals surface area contributed by atoms with Crippen molar-refractivity contribution in [2.24, 2.45) is 5.92 Å². The van der Waals surface area contributed by atoms with Crippen molar-refractivity contribution in [3.63, 3.8) is 0 Å². The number of hydrogen-bond acceptors (Lipinski definition) is 16. The molecular weight excluding hydrogens is 1010 g/mol. The molecule has 0 N–H and O–H groups in total. The Morgan fingerprint density at radius 3 is 1.19 bits per heavy atom. The van der Waals surface area contributed by atoms with Crippen molar-refractivity contribution in [1.29, 1.82) is 0 Å². The van der Waals surface area contributed by atoms with E-state index in [-0.39, 0.29) is 39.0 Å². The number of cyclic esters (lactones) is 2. The molecule has 4 aromatic carbocycles. The first-order valence-corrected chi connectivity index (χ1v) is 27.1. The van der Waals surface area contributed by atoms with Crippen molar-refractivity contribution in [2.45, 2.75) is 181 Å². The molecule has 0 unspecified atom stereocenters. The zero-order chi connectivity index (χ0) is 57.6. The lowest BCUT2D eigenvalue weighted by molar-refractivity contribution is -0.184. The second-order valence-electron chi connectivity index (χ2n) is 22.5. The lowest BCUT2D eigenvalue weighted by Crippen LogP contribution is -2.56. The predicted molar refractivity (Wildman–Crippen MR) is 294 cm³/mol. The SMILES string of the molecule is C[C@@H]1OC(=O)[C@@H](CC(=O)OC(C)(C)C)COCC[C@H](OCc2ccccc2)[C@H]1OCc1ccccc1.C[C@@H]1OC(=O)[C@@H](N(C(=O)OC(C)(C)C)C(=O)OC(C)(C)C)COCC[C@H](OCc2ccccc2)[C@H]1OCc1ccccc1. The molecule has 2 fully saturated rings. The van der Waals surface area contributed by atoms with Crippen LogP contribution in [0.2, 0.25) is 0 Å². The fraction of sp³-hybridized carbons (Fsp3) is 0.532. The second kappa shape index (κ2) is 31.0. The number of carbonyl (C=O) groups excluding carboxylic acids is 5. The molecule has 79 heavy (non-hydrogen) atoms. The van der Waals surface area contributed by atoms with Crippen LogP contribution in [0.25, 0.3) is 0 Å². The molecule has 8 atom stereocenters. The Kier molecular flexibility index (Phi) is 24.9. The summed E-state index contributed by atoms with van der Waals surface area (Å²) in [7, 11) is 0. The van der Waals surface area contributed by atoms with Gasteiger partial charge in [0.15, 0.2) is 6.04 Å². The van der Waals surface area contributed by atoms with Crippen LogP contribution in [0.15, 0.2) is 121 Å². The van der Waals surface area contributed by atoms with Crippen molar-refractivity contribution in [3.8, 4) is 0 Å². The summed E-state index contributed by atoms with van der Waals surface area (Å²) in [5.41, 5.74) is 1.46. The lowest BCUT2D eigenvalue weighted by Gasteiger charge is -2.36. The minimum absolute atomic E-state index is 0.0751. The van der Waals surface area contributed by atoms with Crippen LogP contribution in [0, 0.1) is 5.92 Å². The monoisotopic (exact) mass is 1100 g/mol. The van der Waals surface area contributed by atoms with E-state index in [1.165, 1.54) is 0 Å². The van der Waals surface area contributed by atoms with Gasteiger partial charge < -0.3 is 52.1 Å². The summed E-state index contributed by atoms with van der Waals surface area (Å²) in [5.74, 6) is -2.58. The van der Waals surface area contributed by atoms with E-state index in [0.717, 1.165) is 22.3 Å². The number of imide groups is 1. The average molecular weight is 1100 g/mol. The molecule has 0 spiro atoms. The molecule has 0 radical (unpaired) electrons. The Hall–Kier alpha value is -6.21. The Morgan fingerprint density at radius 2 is 0.823 bits per heavy atom. The third kappa shape index (κ3) is 23.2. The van der Waals surface area contributed by atoms with E-state index >= 15 is 0 Å². The number of benzene rings is 4. The number of amides is 2. The van der Waals surface area contributed by atoms with Crippen LogP contribution >= 0.6 is 0 Å². The Morgan fingerprint density at radius 1 is 0.481 bits per heavy atom. The highest BCUT2D eigenvalue weighted by molar-refractivity contribution is 5.94. The quantitative estimate of drug-likeness (QED) is 0.0806. The molecule has 2 aliphatic heterocycles. The average Bonchev–Trinajstić information content (AvgIpc) is 3.39. The van der Waals surface area contributed by atoms with Crippen LogP contribution in [0.3, 0.4) is 0 Å². The van der Waals surface area contributed by atoms with Crippen LogP contribution in [0.4, 0.5) is 9.59 Å². The van der Waals surface area contributed by atoms with E-state index in [2.05, 4.69) is 0 Å². The second-order valence-corrected chi connectivity index (χ2v) is 22.5. The molecule has 0 aliphatic carbocycles. The maximum atomic E-state index is 13.7. The maximum Gasteiger partial charge on any atom is 0.420 e. The smallest absolute Gasteiger partial charge is 0.420 e. The Balaban J connectivity index is 0.000000295. The van der Waals surface area contributed by atoms with Gasteiger partial charge in [0, 0.05) is 13.2 Å². The van der Waals surface area contributed by atoms with Gasteiger partial charge in [0.1, 0.15) is 41.2 Å². The van der Waals surface area contributed by atoms with Gasteiger partial charge in [-0.3, -0.25) is 9.59 Å². The van der Waals surface area contributed by atoms with Crippen molar-refractivity contribution in [3.05, 3.63) is 144 Å². The first-order valence-electron chi connectivity index (χ1n) is 27.1. The number of carbonyl (C=O) groups is 5. The minimum atomic E-state index is -1.45. The highest BCUT2D eigenvalue weighted by Crippen LogP contribution is 2.26. The van der Waals surface area contributed by atoms with E-state index in [1.807, 2.05) is 121 Å². The van der Waals surface area contributed by atoms with E-state index in [4.69, 9.17) is 52.1 Å². The molecule has 2 amide bonds. The summed E-state index contributed by atoms with van der Waals surface area (Å²) in [6.45, 7) is 20.5. The first kappa shape index (κ1) is 63.6. The Labute approximate surface area is 466 Å². The van der Waals surface area contributed by atoms with Gasteiger partial charge in [0.25, 0.3) is 0 Å². The van der Waals surface area contributed by atoms with Gasteiger partial charge in [0.2, 0.25) is 0 Å². The molecule has 4 aromatic rings. The summed E-state index contributed by atoms with van der Waals surface area (Å²) < 4.78 is 64.9. The fourth-order valence-electron chi connectivity index (χ4n) is 8.35. The number of esters is 3. The molecule has 17 heteroatoms. The third-order valence-electron chi connectivity index (χ3n) is 12.1. The van der Waals surface area contributed by atoms with Crippen molar-refractivity contribution in [1.82, 2.24) is 4.90 Å². The van der Waals surface area contributed by atoms with Gasteiger partial charge in [-0.05, 0) is 111 Å². The largest absolute Gasteiger partial charge is 0.460 e. The van der Waals surface area contributed by atoms with Crippen LogP contribution in [0.1, 0.15) is 118 Å². The first-order chi connectivity index (χ1) is 37.4. The van der Waals surface area contributed by atoms with Gasteiger partial charge in [-0.25, -0.2) is 14.4 Å². The van der Waals surface area contributed by atoms with E-state index in [9.17, 15) is 24.0 Å². The molecule has 2 saturated heterocycles. The fourth-order valence-corrected chi connectivity index (χ4v) is 8.35. The van der Waals surface area contributed by atoms with Crippen LogP contribution in [0.5, 0.6) is 0 Å². The molecule has 6 rings (SSSR count). The molecule has 0 aromatic heterocycles. The van der Waals surface area contributed by atoms with Crippen molar-refractivity contribution >= 4 is 30.1 Å². The van der Waals surface area contributed by atoms with Crippen LogP contribution in [-0.2, 0) is 92.9 Å². The summed E-state index contributed by atoms with van der Waals surface area (Å²) in [6, 6.07) is 37.6. The number of rotatable bonds is 15. The molecule has 0 bridgehead atoms. The highest BCUT2D eigenvalue weighted by atomic mass is 16.6. The normalized spacial score (nSPS) is 22.6. The summed E-state index contributed by atoms with van der Waals surface area (Å²) in [6.07, 6.45) is -4.71. The molecule has 17 nitrogen and oxygen atoms in total. The zero-order valence-electron chi connectivity index (χ0n) is 47.9. The van der Waals surface area contributed by atoms with Crippen LogP contribution in [-0.4, -0.2) is 121 Å². The minimum Gasteiger partial charge on any atom is -0.460 e. The molecular formula is C62H83NO16. The maximum absolute atomic E-state index is 13.7. The predicted octanol–water partition coefficient (Wildman–Crippen LogP) is 10.9. The molecule has 2 aliphatic rings. The van der Waals surface area contributed by atoms with E-state index in [0.29, 0.717) is 44.2 Å². The van der Waals surface area contributed by atoms with Gasteiger partial charge in [-0.1, -0.05) is 121 Å². The zero-order valence-corrected chi connectivity index (χ0v) is 47.9. The molecule has 432 valence electrons. The summed E-state index contributed by atoms with van der Waals surface area (Å²) >= 11 is 0. The van der Waals surface area contributed by atoms with E-state index in [1.54, 1.807) is 76.2 Å². The number of hydrogen-bond donors (Lipinski definition) is 0. The van der Waals surface area contributed by atoms with Gasteiger partial charge in [-0.15, -0.1) is 0 Å². The molecule has 2 heterocycles. The van der Waals surface area contributed by atoms with Crippen LogP contribution < -0.4 is 0 Å². The van der Waals surface area contributed by atoms with Crippen molar-refractivity contribution in [2.75, 3.05) is 26.4 Å². The van der Waals surface area contributed by atoms with Gasteiger partial charge in [-0.2, -0.15) is 4.90 Å². The topological polar surface area (TPSA) is 190 Å². The standard InChI is InChI=1S/C33H45NO9.C29H38O7/c1-23-28(40-21-25-16-12-9-13-17-25)27(39-20-24-14-10-8-11-15-24)18-19-38-22-26(29(35)41-23)34(30(36)42-32(2,3)4)31(37)43-33(5,6)7;1-21-27(34-19-23-13-9-6-10-14-23)25(33-18-22-11-7-5-8-12-22)15-16-32-20-24(28(31)35-21)17-26(30)36-29(2,3)4/h8-17,23,26-28H,18-22H2,1-7H3;5-14,21,24-25,27H,15-20H2,1-4H3/t23-,26-,27-,28-;21-,24-,25-,27-/m00/s1. The summed E-state index contributed by atoms with van der Waals surface area (Å²) in [4.78, 5) is 66.2. The van der Waals surface area contributed by atoms with Gasteiger partial charge in [0.05, 0.1) is 64.2 Å². The Bertz CT molecular complexity index is 2430.